The van der Waals surface area contributed by atoms with Crippen LogP contribution >= 0.6 is 0 Å². The Bertz CT molecular complexity index is 392. The maximum Gasteiger partial charge on any atom is 0.245 e. The van der Waals surface area contributed by atoms with Gasteiger partial charge in [0.2, 0.25) is 11.8 Å². The van der Waals surface area contributed by atoms with Crippen LogP contribution in [0.5, 0.6) is 0 Å². The fourth-order valence-electron chi connectivity index (χ4n) is 3.85. The maximum atomic E-state index is 12.8. The van der Waals surface area contributed by atoms with Crippen LogP contribution in [0, 0.1) is 11.8 Å². The summed E-state index contributed by atoms with van der Waals surface area (Å²) in [5, 5.41) is 2.95. The van der Waals surface area contributed by atoms with Crippen molar-refractivity contribution in [3.05, 3.63) is 0 Å². The largest absolute Gasteiger partial charge is 0.344 e. The molecule has 1 N–H and O–H groups in total. The smallest absolute Gasteiger partial charge is 0.245 e. The molecule has 112 valence electrons. The van der Waals surface area contributed by atoms with Crippen molar-refractivity contribution in [2.24, 2.45) is 11.8 Å². The predicted molar refractivity (Wildman–Crippen MR) is 77.0 cm³/mol. The summed E-state index contributed by atoms with van der Waals surface area (Å²) in [7, 11) is 0. The van der Waals surface area contributed by atoms with Gasteiger partial charge in [-0.25, -0.2) is 0 Å². The van der Waals surface area contributed by atoms with Gasteiger partial charge in [0, 0.05) is 19.0 Å². The van der Waals surface area contributed by atoms with Gasteiger partial charge in [-0.15, -0.1) is 0 Å². The number of hydrogen-bond donors (Lipinski definition) is 1. The lowest BCUT2D eigenvalue weighted by Crippen LogP contribution is -2.50. The van der Waals surface area contributed by atoms with Gasteiger partial charge in [-0.2, -0.15) is 0 Å². The Balaban J connectivity index is 1.72. The van der Waals surface area contributed by atoms with E-state index in [1.54, 1.807) is 0 Å². The zero-order chi connectivity index (χ0) is 14.1. The first kappa shape index (κ1) is 13.9. The van der Waals surface area contributed by atoms with E-state index in [0.717, 1.165) is 31.6 Å². The van der Waals surface area contributed by atoms with Crippen LogP contribution < -0.4 is 5.32 Å². The molecule has 3 unspecified atom stereocenters. The highest BCUT2D eigenvalue weighted by Crippen LogP contribution is 2.36. The molecule has 3 aliphatic rings. The third-order valence-electron chi connectivity index (χ3n) is 5.31. The summed E-state index contributed by atoms with van der Waals surface area (Å²) >= 11 is 0. The quantitative estimate of drug-likeness (QED) is 0.859. The van der Waals surface area contributed by atoms with Gasteiger partial charge in [0.25, 0.3) is 0 Å². The molecule has 0 aromatic carbocycles. The van der Waals surface area contributed by atoms with Gasteiger partial charge in [-0.1, -0.05) is 26.2 Å². The zero-order valence-electron chi connectivity index (χ0n) is 12.4. The van der Waals surface area contributed by atoms with Crippen LogP contribution in [-0.2, 0) is 9.59 Å². The van der Waals surface area contributed by atoms with Gasteiger partial charge < -0.3 is 10.2 Å². The molecule has 4 nitrogen and oxygen atoms in total. The van der Waals surface area contributed by atoms with Gasteiger partial charge in [0.1, 0.15) is 6.04 Å². The van der Waals surface area contributed by atoms with E-state index in [1.165, 1.54) is 19.3 Å². The molecule has 4 heteroatoms. The van der Waals surface area contributed by atoms with E-state index < -0.39 is 0 Å². The van der Waals surface area contributed by atoms with E-state index in [1.807, 2.05) is 4.90 Å². The molecule has 0 aromatic rings. The van der Waals surface area contributed by atoms with Crippen LogP contribution in [0.25, 0.3) is 0 Å². The minimum absolute atomic E-state index is 0.0561. The Kier molecular flexibility index (Phi) is 3.99. The van der Waals surface area contributed by atoms with Crippen LogP contribution in [0.2, 0.25) is 0 Å². The second kappa shape index (κ2) is 5.74. The van der Waals surface area contributed by atoms with Crippen molar-refractivity contribution in [2.75, 3.05) is 6.54 Å². The van der Waals surface area contributed by atoms with E-state index in [4.69, 9.17) is 0 Å². The first-order chi connectivity index (χ1) is 9.69. The highest BCUT2D eigenvalue weighted by Gasteiger charge is 2.43. The number of carbonyl (C=O) groups is 2. The molecule has 0 bridgehead atoms. The van der Waals surface area contributed by atoms with E-state index in [0.29, 0.717) is 24.9 Å². The molecular formula is C16H26N2O2. The Morgan fingerprint density at radius 2 is 2.00 bits per heavy atom. The number of carbonyl (C=O) groups excluding carboxylic acids is 2. The summed E-state index contributed by atoms with van der Waals surface area (Å²) in [4.78, 5) is 26.7. The van der Waals surface area contributed by atoms with Crippen molar-refractivity contribution in [3.8, 4) is 0 Å². The van der Waals surface area contributed by atoms with Crippen molar-refractivity contribution < 1.29 is 9.59 Å². The molecule has 0 aromatic heterocycles. The highest BCUT2D eigenvalue weighted by molar-refractivity contribution is 5.90. The summed E-state index contributed by atoms with van der Waals surface area (Å²) in [6.45, 7) is 2.87. The molecule has 1 aliphatic heterocycles. The van der Waals surface area contributed by atoms with E-state index in [-0.39, 0.29) is 17.9 Å². The molecule has 3 atom stereocenters. The van der Waals surface area contributed by atoms with Crippen LogP contribution in [-0.4, -0.2) is 35.3 Å². The molecule has 1 heterocycles. The fourth-order valence-corrected chi connectivity index (χ4v) is 3.85. The van der Waals surface area contributed by atoms with Gasteiger partial charge in [0.15, 0.2) is 0 Å². The van der Waals surface area contributed by atoms with Crippen LogP contribution in [0.4, 0.5) is 0 Å². The van der Waals surface area contributed by atoms with Crippen molar-refractivity contribution in [3.63, 3.8) is 0 Å². The monoisotopic (exact) mass is 278 g/mol. The summed E-state index contributed by atoms with van der Waals surface area (Å²) in [6.07, 6.45) is 8.64. The molecule has 0 spiro atoms. The van der Waals surface area contributed by atoms with Crippen LogP contribution in [0.1, 0.15) is 58.3 Å². The fraction of sp³-hybridized carbons (Fsp3) is 0.875. The first-order valence-corrected chi connectivity index (χ1v) is 8.29. The zero-order valence-corrected chi connectivity index (χ0v) is 12.4. The summed E-state index contributed by atoms with van der Waals surface area (Å²) < 4.78 is 0. The molecule has 2 saturated carbocycles. The molecule has 3 rings (SSSR count). The average Bonchev–Trinajstić information content (AvgIpc) is 3.29. The number of nitrogens with one attached hydrogen (secondary N) is 1. The Labute approximate surface area is 121 Å². The minimum atomic E-state index is -0.230. The highest BCUT2D eigenvalue weighted by atomic mass is 16.2. The average molecular weight is 278 g/mol. The second-order valence-corrected chi connectivity index (χ2v) is 6.76. The summed E-state index contributed by atoms with van der Waals surface area (Å²) in [6, 6.07) is 0.141. The lowest BCUT2D eigenvalue weighted by Gasteiger charge is -2.37. The van der Waals surface area contributed by atoms with Gasteiger partial charge in [0.05, 0.1) is 0 Å². The van der Waals surface area contributed by atoms with Crippen molar-refractivity contribution in [1.82, 2.24) is 10.2 Å². The van der Waals surface area contributed by atoms with Crippen molar-refractivity contribution in [1.29, 1.82) is 0 Å². The number of nitrogens with zero attached hydrogens (tertiary/aromatic N) is 1. The molecule has 2 amide bonds. The van der Waals surface area contributed by atoms with Crippen molar-refractivity contribution in [2.45, 2.75) is 70.4 Å². The molecule has 0 radical (unpaired) electrons. The Hall–Kier alpha value is -1.06. The summed E-state index contributed by atoms with van der Waals surface area (Å²) in [5.74, 6) is 1.41. The standard InChI is InChI=1S/C16H26N2O2/c1-2-11-4-3-5-13(10-11)18-9-8-14(19)17-15(16(18)20)12-6-7-12/h11-13,15H,2-10H2,1H3,(H,17,19). The topological polar surface area (TPSA) is 49.4 Å². The summed E-state index contributed by atoms with van der Waals surface area (Å²) in [5.41, 5.74) is 0. The van der Waals surface area contributed by atoms with Crippen LogP contribution in [0.15, 0.2) is 0 Å². The predicted octanol–water partition coefficient (Wildman–Crippen LogP) is 2.08. The van der Waals surface area contributed by atoms with Gasteiger partial charge >= 0.3 is 0 Å². The van der Waals surface area contributed by atoms with E-state index >= 15 is 0 Å². The molecule has 20 heavy (non-hydrogen) atoms. The number of hydrogen-bond acceptors (Lipinski definition) is 2. The third kappa shape index (κ3) is 2.84. The third-order valence-corrected chi connectivity index (χ3v) is 5.31. The Morgan fingerprint density at radius 3 is 2.70 bits per heavy atom. The molecule has 3 fully saturated rings. The van der Waals surface area contributed by atoms with Crippen molar-refractivity contribution >= 4 is 11.8 Å². The number of amides is 2. The lowest BCUT2D eigenvalue weighted by atomic mass is 9.83. The van der Waals surface area contributed by atoms with Gasteiger partial charge in [-0.05, 0) is 37.5 Å². The normalized spacial score (nSPS) is 35.6. The molecule has 2 aliphatic carbocycles. The number of rotatable bonds is 3. The Morgan fingerprint density at radius 1 is 1.20 bits per heavy atom. The molecule has 1 saturated heterocycles. The maximum absolute atomic E-state index is 12.8. The molecular weight excluding hydrogens is 252 g/mol. The van der Waals surface area contributed by atoms with Gasteiger partial charge in [-0.3, -0.25) is 9.59 Å². The van der Waals surface area contributed by atoms with Crippen LogP contribution in [0.3, 0.4) is 0 Å². The first-order valence-electron chi connectivity index (χ1n) is 8.29. The van der Waals surface area contributed by atoms with E-state index in [2.05, 4.69) is 12.2 Å². The van der Waals surface area contributed by atoms with E-state index in [9.17, 15) is 9.59 Å². The minimum Gasteiger partial charge on any atom is -0.344 e. The second-order valence-electron chi connectivity index (χ2n) is 6.76. The lowest BCUT2D eigenvalue weighted by molar-refractivity contribution is -0.137. The SMILES string of the molecule is CCC1CCCC(N2CCC(=O)NC(C3CC3)C2=O)C1.